The van der Waals surface area contributed by atoms with Gasteiger partial charge in [0, 0.05) is 18.5 Å². The normalized spacial score (nSPS) is 11.1. The molecule has 0 spiro atoms. The Balaban J connectivity index is 2.58. The van der Waals surface area contributed by atoms with Crippen LogP contribution >= 0.6 is 0 Å². The maximum atomic E-state index is 9.35. The standard InChI is InChI=1S/C10H7N3O/c14-7-2-3-8-9(6-7)13-5-1-4-11-10(13)12-8/h1-6,14H. The van der Waals surface area contributed by atoms with Crippen LogP contribution in [-0.4, -0.2) is 19.5 Å². The van der Waals surface area contributed by atoms with Gasteiger partial charge in [0.15, 0.2) is 0 Å². The topological polar surface area (TPSA) is 50.4 Å². The van der Waals surface area contributed by atoms with E-state index in [4.69, 9.17) is 0 Å². The average Bonchev–Trinajstić information content (AvgIpc) is 2.56. The SMILES string of the molecule is Oc1ccc2nc3ncccn3c2c1. The minimum atomic E-state index is 0.239. The maximum Gasteiger partial charge on any atom is 0.234 e. The zero-order valence-corrected chi connectivity index (χ0v) is 7.25. The molecule has 4 nitrogen and oxygen atoms in total. The third-order valence-corrected chi connectivity index (χ3v) is 2.17. The molecule has 0 radical (unpaired) electrons. The van der Waals surface area contributed by atoms with E-state index in [1.165, 1.54) is 0 Å². The second-order valence-corrected chi connectivity index (χ2v) is 3.07. The monoisotopic (exact) mass is 185 g/mol. The Morgan fingerprint density at radius 2 is 2.21 bits per heavy atom. The van der Waals surface area contributed by atoms with E-state index in [-0.39, 0.29) is 5.75 Å². The van der Waals surface area contributed by atoms with Gasteiger partial charge >= 0.3 is 0 Å². The van der Waals surface area contributed by atoms with E-state index in [0.717, 1.165) is 11.0 Å². The Labute approximate surface area is 79.5 Å². The molecule has 4 heteroatoms. The van der Waals surface area contributed by atoms with E-state index in [9.17, 15) is 5.11 Å². The van der Waals surface area contributed by atoms with E-state index in [1.807, 2.05) is 16.7 Å². The number of aromatic nitrogens is 3. The van der Waals surface area contributed by atoms with Crippen LogP contribution in [0.1, 0.15) is 0 Å². The predicted molar refractivity (Wildman–Crippen MR) is 52.2 cm³/mol. The summed E-state index contributed by atoms with van der Waals surface area (Å²) >= 11 is 0. The summed E-state index contributed by atoms with van der Waals surface area (Å²) in [7, 11) is 0. The molecule has 1 N–H and O–H groups in total. The van der Waals surface area contributed by atoms with Crippen LogP contribution in [0.25, 0.3) is 16.8 Å². The van der Waals surface area contributed by atoms with E-state index in [2.05, 4.69) is 9.97 Å². The number of fused-ring (bicyclic) bond motifs is 3. The molecule has 3 aromatic rings. The number of imidazole rings is 1. The lowest BCUT2D eigenvalue weighted by Gasteiger charge is -1.93. The fraction of sp³-hybridized carbons (Fsp3) is 0. The Morgan fingerprint density at radius 3 is 3.14 bits per heavy atom. The number of nitrogens with zero attached hydrogens (tertiary/aromatic N) is 3. The van der Waals surface area contributed by atoms with Crippen LogP contribution in [0.5, 0.6) is 5.75 Å². The van der Waals surface area contributed by atoms with Gasteiger partial charge < -0.3 is 5.11 Å². The molecule has 0 bridgehead atoms. The van der Waals surface area contributed by atoms with Crippen molar-refractivity contribution in [3.8, 4) is 5.75 Å². The molecule has 0 amide bonds. The molecular weight excluding hydrogens is 178 g/mol. The highest BCUT2D eigenvalue weighted by atomic mass is 16.3. The zero-order chi connectivity index (χ0) is 9.54. The number of benzene rings is 1. The molecule has 0 aliphatic carbocycles. The molecule has 3 rings (SSSR count). The fourth-order valence-corrected chi connectivity index (χ4v) is 1.54. The quantitative estimate of drug-likeness (QED) is 0.578. The molecule has 0 saturated heterocycles. The molecule has 0 aliphatic rings. The van der Waals surface area contributed by atoms with Crippen LogP contribution in [0.15, 0.2) is 36.7 Å². The van der Waals surface area contributed by atoms with E-state index < -0.39 is 0 Å². The second-order valence-electron chi connectivity index (χ2n) is 3.07. The molecule has 1 aromatic carbocycles. The number of phenolic OH excluding ortho intramolecular Hbond substituents is 1. The van der Waals surface area contributed by atoms with Crippen LogP contribution < -0.4 is 0 Å². The van der Waals surface area contributed by atoms with Crippen LogP contribution in [0, 0.1) is 0 Å². The summed E-state index contributed by atoms with van der Waals surface area (Å²) < 4.78 is 1.84. The third kappa shape index (κ3) is 0.877. The number of aromatic hydroxyl groups is 1. The van der Waals surface area contributed by atoms with Gasteiger partial charge in [0.05, 0.1) is 11.0 Å². The summed E-state index contributed by atoms with van der Waals surface area (Å²) in [4.78, 5) is 8.42. The molecule has 0 aliphatic heterocycles. The number of rotatable bonds is 0. The predicted octanol–water partition coefficient (Wildman–Crippen LogP) is 1.59. The summed E-state index contributed by atoms with van der Waals surface area (Å²) in [6.07, 6.45) is 3.57. The highest BCUT2D eigenvalue weighted by Crippen LogP contribution is 2.19. The third-order valence-electron chi connectivity index (χ3n) is 2.17. The van der Waals surface area contributed by atoms with Crippen LogP contribution in [0.2, 0.25) is 0 Å². The van der Waals surface area contributed by atoms with Gasteiger partial charge in [0.25, 0.3) is 0 Å². The van der Waals surface area contributed by atoms with Crippen molar-refractivity contribution >= 4 is 16.8 Å². The van der Waals surface area contributed by atoms with Crippen molar-refractivity contribution in [2.24, 2.45) is 0 Å². The minimum Gasteiger partial charge on any atom is -0.508 e. The fourth-order valence-electron chi connectivity index (χ4n) is 1.54. The van der Waals surface area contributed by atoms with E-state index >= 15 is 0 Å². The van der Waals surface area contributed by atoms with E-state index in [0.29, 0.717) is 5.78 Å². The molecule has 68 valence electrons. The van der Waals surface area contributed by atoms with Gasteiger partial charge in [-0.1, -0.05) is 0 Å². The first kappa shape index (κ1) is 7.32. The van der Waals surface area contributed by atoms with Crippen molar-refractivity contribution in [3.05, 3.63) is 36.7 Å². The van der Waals surface area contributed by atoms with Crippen LogP contribution in [0.3, 0.4) is 0 Å². The number of hydrogen-bond donors (Lipinski definition) is 1. The molecular formula is C10H7N3O. The molecule has 0 saturated carbocycles. The zero-order valence-electron chi connectivity index (χ0n) is 7.25. The van der Waals surface area contributed by atoms with Crippen molar-refractivity contribution < 1.29 is 5.11 Å². The summed E-state index contributed by atoms with van der Waals surface area (Å²) in [5, 5.41) is 9.35. The Hall–Kier alpha value is -2.10. The molecule has 0 unspecified atom stereocenters. The lowest BCUT2D eigenvalue weighted by atomic mass is 10.3. The van der Waals surface area contributed by atoms with E-state index in [1.54, 1.807) is 24.4 Å². The largest absolute Gasteiger partial charge is 0.508 e. The van der Waals surface area contributed by atoms with Crippen molar-refractivity contribution in [3.63, 3.8) is 0 Å². The van der Waals surface area contributed by atoms with Gasteiger partial charge in [-0.3, -0.25) is 4.40 Å². The van der Waals surface area contributed by atoms with Gasteiger partial charge in [0.1, 0.15) is 5.75 Å². The highest BCUT2D eigenvalue weighted by molar-refractivity contribution is 5.80. The lowest BCUT2D eigenvalue weighted by Crippen LogP contribution is -1.84. The minimum absolute atomic E-state index is 0.239. The van der Waals surface area contributed by atoms with Crippen molar-refractivity contribution in [1.82, 2.24) is 14.4 Å². The Kier molecular flexibility index (Phi) is 1.28. The van der Waals surface area contributed by atoms with Crippen LogP contribution in [-0.2, 0) is 0 Å². The van der Waals surface area contributed by atoms with Gasteiger partial charge in [-0.2, -0.15) is 0 Å². The van der Waals surface area contributed by atoms with Crippen molar-refractivity contribution in [1.29, 1.82) is 0 Å². The first-order valence-electron chi connectivity index (χ1n) is 4.26. The first-order chi connectivity index (χ1) is 6.84. The van der Waals surface area contributed by atoms with Gasteiger partial charge in [0.2, 0.25) is 5.78 Å². The average molecular weight is 185 g/mol. The summed E-state index contributed by atoms with van der Waals surface area (Å²) in [5.74, 6) is 0.885. The maximum absolute atomic E-state index is 9.35. The molecule has 0 fully saturated rings. The van der Waals surface area contributed by atoms with Gasteiger partial charge in [-0.15, -0.1) is 0 Å². The van der Waals surface area contributed by atoms with Crippen molar-refractivity contribution in [2.45, 2.75) is 0 Å². The second kappa shape index (κ2) is 2.45. The smallest absolute Gasteiger partial charge is 0.234 e. The van der Waals surface area contributed by atoms with Crippen LogP contribution in [0.4, 0.5) is 0 Å². The number of phenols is 1. The summed E-state index contributed by atoms with van der Waals surface area (Å²) in [6, 6.07) is 6.91. The molecule has 14 heavy (non-hydrogen) atoms. The summed E-state index contributed by atoms with van der Waals surface area (Å²) in [6.45, 7) is 0. The number of hydrogen-bond acceptors (Lipinski definition) is 3. The molecule has 2 heterocycles. The first-order valence-corrected chi connectivity index (χ1v) is 4.26. The Morgan fingerprint density at radius 1 is 1.29 bits per heavy atom. The highest BCUT2D eigenvalue weighted by Gasteiger charge is 2.04. The molecule has 2 aromatic heterocycles. The van der Waals surface area contributed by atoms with Gasteiger partial charge in [-0.25, -0.2) is 9.97 Å². The lowest BCUT2D eigenvalue weighted by molar-refractivity contribution is 0.476. The van der Waals surface area contributed by atoms with Crippen molar-refractivity contribution in [2.75, 3.05) is 0 Å². The van der Waals surface area contributed by atoms with Gasteiger partial charge in [-0.05, 0) is 18.2 Å². The summed E-state index contributed by atoms with van der Waals surface area (Å²) in [5.41, 5.74) is 1.70. The molecule has 0 atom stereocenters. The Bertz CT molecular complexity index is 615.